The standard InChI is InChI=1S/C20H29FN2/c1-6-7-11-20(5)12-10-17(18(21)13-20)15(3)23-19-9-8-14(2)22-16(19)4/h10,13,19,22-23H,2-4,6-9,11-12H2,1,5H3. The highest BCUT2D eigenvalue weighted by molar-refractivity contribution is 5.45. The van der Waals surface area contributed by atoms with Crippen LogP contribution in [0.2, 0.25) is 0 Å². The molecule has 2 nitrogen and oxygen atoms in total. The molecule has 1 saturated heterocycles. The number of halogens is 1. The third kappa shape index (κ3) is 4.37. The van der Waals surface area contributed by atoms with Crippen LogP contribution >= 0.6 is 0 Å². The van der Waals surface area contributed by atoms with Gasteiger partial charge in [0.05, 0.1) is 6.04 Å². The number of hydrogen-bond donors (Lipinski definition) is 2. The second kappa shape index (κ2) is 7.20. The molecule has 0 spiro atoms. The van der Waals surface area contributed by atoms with Crippen molar-refractivity contribution in [1.82, 2.24) is 10.6 Å². The SMILES string of the molecule is C=C1CCC(NC(=C)C2=CCC(C)(CCCC)C=C2F)C(=C)N1. The summed E-state index contributed by atoms with van der Waals surface area (Å²) in [5, 5.41) is 6.48. The third-order valence-electron chi connectivity index (χ3n) is 4.77. The van der Waals surface area contributed by atoms with E-state index < -0.39 is 0 Å². The molecule has 2 aliphatic rings. The molecule has 1 fully saturated rings. The highest BCUT2D eigenvalue weighted by atomic mass is 19.1. The maximum Gasteiger partial charge on any atom is 0.128 e. The Labute approximate surface area is 139 Å². The van der Waals surface area contributed by atoms with E-state index in [2.05, 4.69) is 44.2 Å². The van der Waals surface area contributed by atoms with Crippen LogP contribution in [0.5, 0.6) is 0 Å². The first-order valence-corrected chi connectivity index (χ1v) is 8.53. The smallest absolute Gasteiger partial charge is 0.128 e. The molecule has 126 valence electrons. The van der Waals surface area contributed by atoms with Gasteiger partial charge in [0.2, 0.25) is 0 Å². The lowest BCUT2D eigenvalue weighted by Gasteiger charge is -2.32. The summed E-state index contributed by atoms with van der Waals surface area (Å²) in [6, 6.07) is 0.0649. The van der Waals surface area contributed by atoms with E-state index >= 15 is 0 Å². The van der Waals surface area contributed by atoms with E-state index in [4.69, 9.17) is 0 Å². The first-order chi connectivity index (χ1) is 10.8. The molecule has 0 aromatic rings. The number of allylic oxidation sites excluding steroid dienone is 4. The molecule has 0 saturated carbocycles. The Kier molecular flexibility index (Phi) is 5.51. The van der Waals surface area contributed by atoms with Crippen LogP contribution in [-0.4, -0.2) is 6.04 Å². The third-order valence-corrected chi connectivity index (χ3v) is 4.77. The van der Waals surface area contributed by atoms with Gasteiger partial charge in [-0.15, -0.1) is 0 Å². The van der Waals surface area contributed by atoms with Crippen LogP contribution < -0.4 is 10.6 Å². The van der Waals surface area contributed by atoms with Gasteiger partial charge < -0.3 is 10.6 Å². The highest BCUT2D eigenvalue weighted by Gasteiger charge is 2.28. The van der Waals surface area contributed by atoms with Crippen molar-refractivity contribution >= 4 is 0 Å². The van der Waals surface area contributed by atoms with Crippen LogP contribution in [0.15, 0.2) is 60.4 Å². The Hall–Kier alpha value is -1.77. The molecule has 2 atom stereocenters. The average Bonchev–Trinajstić information content (AvgIpc) is 2.48. The Morgan fingerprint density at radius 3 is 2.83 bits per heavy atom. The zero-order valence-corrected chi connectivity index (χ0v) is 14.5. The molecule has 0 radical (unpaired) electrons. The van der Waals surface area contributed by atoms with E-state index in [9.17, 15) is 4.39 Å². The van der Waals surface area contributed by atoms with Crippen molar-refractivity contribution in [3.8, 4) is 0 Å². The van der Waals surface area contributed by atoms with Crippen molar-refractivity contribution in [2.45, 2.75) is 58.4 Å². The summed E-state index contributed by atoms with van der Waals surface area (Å²) in [5.74, 6) is -0.161. The van der Waals surface area contributed by atoms with Gasteiger partial charge in [0.25, 0.3) is 0 Å². The van der Waals surface area contributed by atoms with E-state index in [1.165, 1.54) is 0 Å². The Bertz CT molecular complexity index is 570. The lowest BCUT2D eigenvalue weighted by molar-refractivity contribution is 0.364. The monoisotopic (exact) mass is 316 g/mol. The molecule has 0 amide bonds. The van der Waals surface area contributed by atoms with Crippen molar-refractivity contribution in [3.63, 3.8) is 0 Å². The minimum Gasteiger partial charge on any atom is -0.377 e. The van der Waals surface area contributed by atoms with Crippen molar-refractivity contribution in [1.29, 1.82) is 0 Å². The zero-order chi connectivity index (χ0) is 17.0. The quantitative estimate of drug-likeness (QED) is 0.699. The van der Waals surface area contributed by atoms with Crippen molar-refractivity contribution in [2.24, 2.45) is 5.41 Å². The topological polar surface area (TPSA) is 24.1 Å². The van der Waals surface area contributed by atoms with Crippen LogP contribution in [-0.2, 0) is 0 Å². The van der Waals surface area contributed by atoms with Gasteiger partial charge in [-0.3, -0.25) is 0 Å². The van der Waals surface area contributed by atoms with Gasteiger partial charge in [-0.05, 0) is 37.2 Å². The van der Waals surface area contributed by atoms with E-state index in [1.54, 1.807) is 6.08 Å². The second-order valence-corrected chi connectivity index (χ2v) is 7.04. The van der Waals surface area contributed by atoms with Gasteiger partial charge in [-0.2, -0.15) is 0 Å². The van der Waals surface area contributed by atoms with Crippen LogP contribution in [0.3, 0.4) is 0 Å². The first-order valence-electron chi connectivity index (χ1n) is 8.53. The summed E-state index contributed by atoms with van der Waals surface area (Å²) in [4.78, 5) is 0. The molecule has 1 heterocycles. The van der Waals surface area contributed by atoms with E-state index in [-0.39, 0.29) is 17.3 Å². The molecule has 0 bridgehead atoms. The predicted octanol–water partition coefficient (Wildman–Crippen LogP) is 5.25. The summed E-state index contributed by atoms with van der Waals surface area (Å²) in [7, 11) is 0. The van der Waals surface area contributed by atoms with Gasteiger partial charge in [-0.25, -0.2) is 4.39 Å². The normalized spacial score (nSPS) is 27.9. The van der Waals surface area contributed by atoms with Crippen LogP contribution in [0.4, 0.5) is 4.39 Å². The van der Waals surface area contributed by atoms with Gasteiger partial charge >= 0.3 is 0 Å². The van der Waals surface area contributed by atoms with E-state index in [1.807, 2.05) is 6.08 Å². The molecule has 3 heteroatoms. The molecule has 23 heavy (non-hydrogen) atoms. The molecule has 2 N–H and O–H groups in total. The van der Waals surface area contributed by atoms with Crippen molar-refractivity contribution in [3.05, 3.63) is 60.4 Å². The summed E-state index contributed by atoms with van der Waals surface area (Å²) >= 11 is 0. The molecule has 0 aromatic carbocycles. The molecule has 1 aliphatic carbocycles. The molecule has 2 unspecified atom stereocenters. The number of hydrogen-bond acceptors (Lipinski definition) is 2. The zero-order valence-electron chi connectivity index (χ0n) is 14.5. The summed E-state index contributed by atoms with van der Waals surface area (Å²) in [6.07, 6.45) is 9.69. The van der Waals surface area contributed by atoms with Gasteiger partial charge in [0.15, 0.2) is 0 Å². The Morgan fingerprint density at radius 1 is 1.48 bits per heavy atom. The number of piperidine rings is 1. The van der Waals surface area contributed by atoms with Crippen molar-refractivity contribution in [2.75, 3.05) is 0 Å². The second-order valence-electron chi connectivity index (χ2n) is 7.04. The lowest BCUT2D eigenvalue weighted by atomic mass is 9.77. The molecule has 1 aliphatic heterocycles. The van der Waals surface area contributed by atoms with Gasteiger partial charge in [0, 0.05) is 22.7 Å². The van der Waals surface area contributed by atoms with Crippen LogP contribution in [0, 0.1) is 5.41 Å². The van der Waals surface area contributed by atoms with Crippen LogP contribution in [0.25, 0.3) is 0 Å². The van der Waals surface area contributed by atoms with E-state index in [0.717, 1.165) is 49.9 Å². The Morgan fingerprint density at radius 2 is 2.22 bits per heavy atom. The highest BCUT2D eigenvalue weighted by Crippen LogP contribution is 2.39. The minimum atomic E-state index is -0.161. The van der Waals surface area contributed by atoms with Crippen LogP contribution in [0.1, 0.15) is 52.4 Å². The van der Waals surface area contributed by atoms with Gasteiger partial charge in [-0.1, -0.05) is 52.5 Å². The number of rotatable bonds is 6. The molecule has 0 aromatic heterocycles. The number of nitrogens with one attached hydrogen (secondary N) is 2. The first kappa shape index (κ1) is 17.6. The average molecular weight is 316 g/mol. The molecular formula is C20H29FN2. The predicted molar refractivity (Wildman–Crippen MR) is 96.2 cm³/mol. The fourth-order valence-corrected chi connectivity index (χ4v) is 3.21. The summed E-state index contributed by atoms with van der Waals surface area (Å²) < 4.78 is 14.6. The fraction of sp³-hybridized carbons (Fsp3) is 0.500. The maximum atomic E-state index is 14.6. The summed E-state index contributed by atoms with van der Waals surface area (Å²) in [5.41, 5.74) is 3.01. The van der Waals surface area contributed by atoms with Crippen molar-refractivity contribution < 1.29 is 4.39 Å². The Balaban J connectivity index is 2.00. The maximum absolute atomic E-state index is 14.6. The minimum absolute atomic E-state index is 0.0649. The molecule has 2 rings (SSSR count). The lowest BCUT2D eigenvalue weighted by Crippen LogP contribution is -2.39. The number of unbranched alkanes of at least 4 members (excludes halogenated alkanes) is 1. The fourth-order valence-electron chi connectivity index (χ4n) is 3.21. The van der Waals surface area contributed by atoms with E-state index in [0.29, 0.717) is 11.3 Å². The summed E-state index contributed by atoms with van der Waals surface area (Å²) in [6.45, 7) is 16.3. The largest absolute Gasteiger partial charge is 0.377 e. The van der Waals surface area contributed by atoms with Gasteiger partial charge in [0.1, 0.15) is 5.83 Å². The molecular weight excluding hydrogens is 287 g/mol.